The van der Waals surface area contributed by atoms with Crippen LogP contribution in [0.3, 0.4) is 0 Å². The Hall–Kier alpha value is -4.12. The number of carbonyl (C=O) groups is 6. The van der Waals surface area contributed by atoms with Crippen molar-refractivity contribution in [2.45, 2.75) is 75.4 Å². The van der Waals surface area contributed by atoms with E-state index in [2.05, 4.69) is 10.6 Å². The molecule has 0 bridgehead atoms. The molecular formula is C32H38N4O7. The zero-order valence-electron chi connectivity index (χ0n) is 24.1. The van der Waals surface area contributed by atoms with Crippen molar-refractivity contribution in [3.05, 3.63) is 48.0 Å². The molecule has 0 spiro atoms. The van der Waals surface area contributed by atoms with Crippen molar-refractivity contribution >= 4 is 46.0 Å². The number of likely N-dealkylation sites (tertiary alicyclic amines) is 1. The third-order valence-corrected chi connectivity index (χ3v) is 9.01. The molecule has 3 aliphatic rings. The monoisotopic (exact) mass is 590 g/mol. The Bertz CT molecular complexity index is 1430. The lowest BCUT2D eigenvalue weighted by molar-refractivity contribution is -0.147. The number of amides is 4. The van der Waals surface area contributed by atoms with Crippen molar-refractivity contribution in [3.8, 4) is 0 Å². The highest BCUT2D eigenvalue weighted by atomic mass is 16.5. The van der Waals surface area contributed by atoms with Crippen molar-refractivity contribution in [2.75, 3.05) is 19.8 Å². The molecule has 228 valence electrons. The maximum Gasteiger partial charge on any atom is 0.287 e. The predicted octanol–water partition coefficient (Wildman–Crippen LogP) is 1.80. The van der Waals surface area contributed by atoms with Crippen LogP contribution >= 0.6 is 0 Å². The van der Waals surface area contributed by atoms with E-state index in [1.807, 2.05) is 30.3 Å². The Kier molecular flexibility index (Phi) is 9.19. The van der Waals surface area contributed by atoms with Gasteiger partial charge >= 0.3 is 0 Å². The molecule has 4 amide bonds. The number of rotatable bonds is 9. The number of benzene rings is 2. The maximum absolute atomic E-state index is 14.1. The fourth-order valence-electron chi connectivity index (χ4n) is 6.59. The summed E-state index contributed by atoms with van der Waals surface area (Å²) in [5, 5.41) is 7.45. The van der Waals surface area contributed by atoms with Crippen LogP contribution in [0.2, 0.25) is 0 Å². The Balaban J connectivity index is 1.38. The molecule has 11 nitrogen and oxygen atoms in total. The largest absolute Gasteiger partial charge is 0.381 e. The number of hydrogen-bond donors (Lipinski definition) is 3. The summed E-state index contributed by atoms with van der Waals surface area (Å²) in [5.74, 6) is -3.87. The second-order valence-corrected chi connectivity index (χ2v) is 11.9. The zero-order chi connectivity index (χ0) is 30.6. The molecule has 2 heterocycles. The number of carbonyl (C=O) groups excluding carboxylic acids is 6. The molecule has 0 radical (unpaired) electrons. The third-order valence-electron chi connectivity index (χ3n) is 9.01. The summed E-state index contributed by atoms with van der Waals surface area (Å²) in [6, 6.07) is 10.8. The molecule has 4 N–H and O–H groups in total. The van der Waals surface area contributed by atoms with Gasteiger partial charge in [0, 0.05) is 38.0 Å². The summed E-state index contributed by atoms with van der Waals surface area (Å²) in [6.07, 6.45) is 5.30. The SMILES string of the molecule is NC(=O)C(=O)C1(NC(=O)[C@@H]2CC(=O)CN2C(=O)[C@@H](CC2CCCCC2)NC(=O)c2ccc3ccccc3c2)CCOCC1. The van der Waals surface area contributed by atoms with Crippen LogP contribution in [-0.4, -0.2) is 77.5 Å². The van der Waals surface area contributed by atoms with Gasteiger partial charge in [0.2, 0.25) is 17.6 Å². The van der Waals surface area contributed by atoms with E-state index >= 15 is 0 Å². The fraction of sp³-hybridized carbons (Fsp3) is 0.500. The molecule has 1 aliphatic carbocycles. The number of nitrogens with one attached hydrogen (secondary N) is 2. The predicted molar refractivity (Wildman–Crippen MR) is 157 cm³/mol. The molecule has 2 saturated heterocycles. The minimum absolute atomic E-state index is 0.0429. The van der Waals surface area contributed by atoms with Crippen molar-refractivity contribution < 1.29 is 33.5 Å². The van der Waals surface area contributed by atoms with E-state index in [0.29, 0.717) is 12.0 Å². The molecule has 2 atom stereocenters. The van der Waals surface area contributed by atoms with Gasteiger partial charge in [-0.1, -0.05) is 62.4 Å². The average Bonchev–Trinajstić information content (AvgIpc) is 3.42. The topological polar surface area (TPSA) is 165 Å². The molecule has 43 heavy (non-hydrogen) atoms. The number of fused-ring (bicyclic) bond motifs is 1. The second kappa shape index (κ2) is 13.0. The van der Waals surface area contributed by atoms with Gasteiger partial charge in [-0.3, -0.25) is 28.8 Å². The van der Waals surface area contributed by atoms with Crippen LogP contribution in [0.1, 0.15) is 68.1 Å². The fourth-order valence-corrected chi connectivity index (χ4v) is 6.59. The van der Waals surface area contributed by atoms with Crippen molar-refractivity contribution in [3.63, 3.8) is 0 Å². The standard InChI is InChI=1S/C32H38N4O7/c33-28(39)27(38)32(12-14-43-15-13-32)35-30(41)26-18-24(37)19-36(26)31(42)25(16-20-6-2-1-3-7-20)34-29(40)23-11-10-21-8-4-5-9-22(21)17-23/h4-5,8-11,17,20,25-26H,1-3,6-7,12-16,18-19H2,(H2,33,39)(H,34,40)(H,35,41)/t25-,26+/m1/s1. The molecule has 11 heteroatoms. The minimum atomic E-state index is -1.56. The average molecular weight is 591 g/mol. The molecule has 1 saturated carbocycles. The van der Waals surface area contributed by atoms with Crippen LogP contribution in [0.15, 0.2) is 42.5 Å². The minimum Gasteiger partial charge on any atom is -0.381 e. The second-order valence-electron chi connectivity index (χ2n) is 11.9. The smallest absolute Gasteiger partial charge is 0.287 e. The first-order valence-electron chi connectivity index (χ1n) is 15.0. The molecule has 0 aromatic heterocycles. The van der Waals surface area contributed by atoms with Gasteiger partial charge < -0.3 is 26.0 Å². The van der Waals surface area contributed by atoms with E-state index in [-0.39, 0.29) is 50.7 Å². The molecular weight excluding hydrogens is 552 g/mol. The lowest BCUT2D eigenvalue weighted by atomic mass is 9.84. The lowest BCUT2D eigenvalue weighted by Gasteiger charge is -2.37. The summed E-state index contributed by atoms with van der Waals surface area (Å²) >= 11 is 0. The molecule has 0 unspecified atom stereocenters. The molecule has 3 fully saturated rings. The van der Waals surface area contributed by atoms with Gasteiger partial charge in [0.1, 0.15) is 17.6 Å². The van der Waals surface area contributed by atoms with Crippen LogP contribution < -0.4 is 16.4 Å². The number of ether oxygens (including phenoxy) is 1. The quantitative estimate of drug-likeness (QED) is 0.375. The number of nitrogens with zero attached hydrogens (tertiary/aromatic N) is 1. The molecule has 2 aliphatic heterocycles. The molecule has 5 rings (SSSR count). The highest BCUT2D eigenvalue weighted by Crippen LogP contribution is 2.30. The van der Waals surface area contributed by atoms with Crippen molar-refractivity contribution in [2.24, 2.45) is 11.7 Å². The Morgan fingerprint density at radius 1 is 0.977 bits per heavy atom. The van der Waals surface area contributed by atoms with Crippen LogP contribution in [0.4, 0.5) is 0 Å². The molecule has 2 aromatic rings. The zero-order valence-corrected chi connectivity index (χ0v) is 24.1. The van der Waals surface area contributed by atoms with Crippen LogP contribution in [0.5, 0.6) is 0 Å². The normalized spacial score (nSPS) is 21.3. The van der Waals surface area contributed by atoms with E-state index in [4.69, 9.17) is 10.5 Å². The summed E-state index contributed by atoms with van der Waals surface area (Å²) in [4.78, 5) is 79.6. The number of Topliss-reactive ketones (excluding diaryl/α,β-unsaturated/α-hetero) is 2. The third kappa shape index (κ3) is 6.77. The van der Waals surface area contributed by atoms with Crippen LogP contribution in [0.25, 0.3) is 10.8 Å². The van der Waals surface area contributed by atoms with Gasteiger partial charge in [0.15, 0.2) is 5.78 Å². The van der Waals surface area contributed by atoms with Gasteiger partial charge in [-0.15, -0.1) is 0 Å². The number of ketones is 2. The molecule has 2 aromatic carbocycles. The van der Waals surface area contributed by atoms with Gasteiger partial charge in [-0.25, -0.2) is 0 Å². The van der Waals surface area contributed by atoms with E-state index in [1.54, 1.807) is 12.1 Å². The van der Waals surface area contributed by atoms with E-state index < -0.39 is 47.0 Å². The number of hydrogen-bond acceptors (Lipinski definition) is 7. The summed E-state index contributed by atoms with van der Waals surface area (Å²) < 4.78 is 5.32. The van der Waals surface area contributed by atoms with Gasteiger partial charge in [0.05, 0.1) is 6.54 Å². The van der Waals surface area contributed by atoms with Gasteiger partial charge in [-0.2, -0.15) is 0 Å². The first-order valence-corrected chi connectivity index (χ1v) is 15.0. The Morgan fingerprint density at radius 2 is 1.67 bits per heavy atom. The van der Waals surface area contributed by atoms with E-state index in [1.165, 1.54) is 4.90 Å². The summed E-state index contributed by atoms with van der Waals surface area (Å²) in [7, 11) is 0. The van der Waals surface area contributed by atoms with Crippen molar-refractivity contribution in [1.82, 2.24) is 15.5 Å². The Morgan fingerprint density at radius 3 is 2.37 bits per heavy atom. The summed E-state index contributed by atoms with van der Waals surface area (Å²) in [6.45, 7) is -0.0184. The first-order chi connectivity index (χ1) is 20.7. The van der Waals surface area contributed by atoms with Gasteiger partial charge in [-0.05, 0) is 35.2 Å². The van der Waals surface area contributed by atoms with E-state index in [9.17, 15) is 28.8 Å². The van der Waals surface area contributed by atoms with Crippen molar-refractivity contribution in [1.29, 1.82) is 0 Å². The van der Waals surface area contributed by atoms with Gasteiger partial charge in [0.25, 0.3) is 11.8 Å². The lowest BCUT2D eigenvalue weighted by Crippen LogP contribution is -2.64. The number of primary amides is 1. The first kappa shape index (κ1) is 30.3. The highest BCUT2D eigenvalue weighted by Gasteiger charge is 2.48. The van der Waals surface area contributed by atoms with Crippen LogP contribution in [-0.2, 0) is 28.7 Å². The maximum atomic E-state index is 14.1. The van der Waals surface area contributed by atoms with Crippen LogP contribution in [0, 0.1) is 5.92 Å². The summed E-state index contributed by atoms with van der Waals surface area (Å²) in [5.41, 5.74) is 4.13. The van der Waals surface area contributed by atoms with E-state index in [0.717, 1.165) is 42.9 Å². The highest BCUT2D eigenvalue weighted by molar-refractivity contribution is 6.39. The Labute approximate surface area is 249 Å². The number of nitrogens with two attached hydrogens (primary N) is 1.